The van der Waals surface area contributed by atoms with Gasteiger partial charge >= 0.3 is 0 Å². The van der Waals surface area contributed by atoms with Crippen LogP contribution in [0.4, 0.5) is 10.3 Å². The van der Waals surface area contributed by atoms with E-state index in [1.165, 1.54) is 17.5 Å². The third-order valence-corrected chi connectivity index (χ3v) is 7.71. The van der Waals surface area contributed by atoms with E-state index in [1.807, 2.05) is 16.8 Å². The number of hydrogen-bond donors (Lipinski definition) is 1. The van der Waals surface area contributed by atoms with E-state index in [9.17, 15) is 12.8 Å². The molecule has 0 aromatic carbocycles. The Kier molecular flexibility index (Phi) is 4.47. The van der Waals surface area contributed by atoms with Crippen LogP contribution in [0.15, 0.2) is 23.0 Å². The third kappa shape index (κ3) is 3.54. The van der Waals surface area contributed by atoms with Gasteiger partial charge in [0, 0.05) is 30.1 Å². The highest BCUT2D eigenvalue weighted by molar-refractivity contribution is 7.90. The Labute approximate surface area is 150 Å². The molecular weight excluding hydrogens is 363 g/mol. The zero-order chi connectivity index (χ0) is 17.4. The van der Waals surface area contributed by atoms with Crippen LogP contribution in [0.5, 0.6) is 0 Å². The lowest BCUT2D eigenvalue weighted by molar-refractivity contribution is 0.328. The van der Waals surface area contributed by atoms with Crippen LogP contribution < -0.4 is 5.32 Å². The average Bonchev–Trinajstić information content (AvgIpc) is 3.34. The SMILES string of the molecule is O=S(=O)(C1CC1)N1CCC(Nc2ncc(F)c(-c3ccsc3)n2)CC1. The first-order chi connectivity index (χ1) is 12.0. The Morgan fingerprint density at radius 2 is 2.00 bits per heavy atom. The van der Waals surface area contributed by atoms with Crippen molar-refractivity contribution >= 4 is 27.3 Å². The van der Waals surface area contributed by atoms with Gasteiger partial charge in [0.15, 0.2) is 5.82 Å². The summed E-state index contributed by atoms with van der Waals surface area (Å²) in [6.07, 6.45) is 4.14. The number of aromatic nitrogens is 2. The highest BCUT2D eigenvalue weighted by Gasteiger charge is 2.41. The van der Waals surface area contributed by atoms with Crippen molar-refractivity contribution in [3.8, 4) is 11.3 Å². The van der Waals surface area contributed by atoms with Crippen molar-refractivity contribution in [2.75, 3.05) is 18.4 Å². The number of thiophene rings is 1. The number of halogens is 1. The lowest BCUT2D eigenvalue weighted by Gasteiger charge is -2.31. The zero-order valence-corrected chi connectivity index (χ0v) is 15.2. The molecule has 0 bridgehead atoms. The maximum atomic E-state index is 14.0. The van der Waals surface area contributed by atoms with Gasteiger partial charge in [-0.15, -0.1) is 0 Å². The number of sulfonamides is 1. The van der Waals surface area contributed by atoms with Crippen molar-refractivity contribution in [2.45, 2.75) is 37.0 Å². The molecule has 1 N–H and O–H groups in total. The number of anilines is 1. The minimum atomic E-state index is -3.10. The smallest absolute Gasteiger partial charge is 0.223 e. The average molecular weight is 382 g/mol. The minimum absolute atomic E-state index is 0.0893. The molecule has 1 aliphatic carbocycles. The number of nitrogens with zero attached hydrogens (tertiary/aromatic N) is 3. The van der Waals surface area contributed by atoms with Gasteiger partial charge in [0.2, 0.25) is 16.0 Å². The van der Waals surface area contributed by atoms with E-state index >= 15 is 0 Å². The Morgan fingerprint density at radius 3 is 2.64 bits per heavy atom. The highest BCUT2D eigenvalue weighted by Crippen LogP contribution is 2.32. The predicted octanol–water partition coefficient (Wildman–Crippen LogP) is 2.71. The number of rotatable bonds is 5. The summed E-state index contributed by atoms with van der Waals surface area (Å²) in [7, 11) is -3.10. The van der Waals surface area contributed by atoms with Crippen LogP contribution in [0.25, 0.3) is 11.3 Å². The molecule has 0 radical (unpaired) electrons. The first-order valence-electron chi connectivity index (χ1n) is 8.34. The van der Waals surface area contributed by atoms with Gasteiger partial charge in [-0.25, -0.2) is 27.1 Å². The summed E-state index contributed by atoms with van der Waals surface area (Å²) in [5.41, 5.74) is 1.02. The van der Waals surface area contributed by atoms with Crippen LogP contribution in [0.2, 0.25) is 0 Å². The number of nitrogens with one attached hydrogen (secondary N) is 1. The zero-order valence-electron chi connectivity index (χ0n) is 13.6. The molecule has 9 heteroatoms. The summed E-state index contributed by atoms with van der Waals surface area (Å²) < 4.78 is 40.1. The molecule has 2 fully saturated rings. The highest BCUT2D eigenvalue weighted by atomic mass is 32.2. The van der Waals surface area contributed by atoms with Gasteiger partial charge in [-0.05, 0) is 37.1 Å². The van der Waals surface area contributed by atoms with E-state index in [4.69, 9.17) is 0 Å². The molecular formula is C16H19FN4O2S2. The molecule has 2 aromatic heterocycles. The van der Waals surface area contributed by atoms with Crippen molar-refractivity contribution in [1.82, 2.24) is 14.3 Å². The molecule has 134 valence electrons. The van der Waals surface area contributed by atoms with E-state index in [2.05, 4.69) is 15.3 Å². The lowest BCUT2D eigenvalue weighted by atomic mass is 10.1. The molecule has 0 amide bonds. The quantitative estimate of drug-likeness (QED) is 0.861. The van der Waals surface area contributed by atoms with Crippen molar-refractivity contribution in [2.24, 2.45) is 0 Å². The molecule has 1 aliphatic heterocycles. The fraction of sp³-hybridized carbons (Fsp3) is 0.500. The first-order valence-corrected chi connectivity index (χ1v) is 10.8. The number of hydrogen-bond acceptors (Lipinski definition) is 6. The minimum Gasteiger partial charge on any atom is -0.351 e. The van der Waals surface area contributed by atoms with E-state index in [-0.39, 0.29) is 17.0 Å². The standard InChI is InChI=1S/C16H19FN4O2S2/c17-14-9-18-16(20-15(14)11-5-8-24-10-11)19-12-3-6-21(7-4-12)25(22,23)13-1-2-13/h5,8-10,12-13H,1-4,6-7H2,(H,18,19,20). The van der Waals surface area contributed by atoms with Crippen molar-refractivity contribution in [3.63, 3.8) is 0 Å². The van der Waals surface area contributed by atoms with Gasteiger partial charge in [-0.1, -0.05) is 0 Å². The van der Waals surface area contributed by atoms with Gasteiger partial charge in [0.05, 0.1) is 11.4 Å². The van der Waals surface area contributed by atoms with Crippen molar-refractivity contribution in [3.05, 3.63) is 28.8 Å². The second kappa shape index (κ2) is 6.62. The molecule has 0 unspecified atom stereocenters. The summed E-state index contributed by atoms with van der Waals surface area (Å²) in [6.45, 7) is 1.02. The Balaban J connectivity index is 1.41. The summed E-state index contributed by atoms with van der Waals surface area (Å²) in [6, 6.07) is 1.91. The maximum Gasteiger partial charge on any atom is 0.223 e. The number of piperidine rings is 1. The van der Waals surface area contributed by atoms with Crippen molar-refractivity contribution < 1.29 is 12.8 Å². The maximum absolute atomic E-state index is 14.0. The van der Waals surface area contributed by atoms with Crippen LogP contribution in [0, 0.1) is 5.82 Å². The second-order valence-corrected chi connectivity index (χ2v) is 9.46. The Bertz CT molecular complexity index is 845. The van der Waals surface area contributed by atoms with Crippen LogP contribution >= 0.6 is 11.3 Å². The summed E-state index contributed by atoms with van der Waals surface area (Å²) >= 11 is 1.48. The van der Waals surface area contributed by atoms with Crippen LogP contribution in [0.3, 0.4) is 0 Å². The topological polar surface area (TPSA) is 75.2 Å². The normalized spacial score (nSPS) is 19.9. The Hall–Kier alpha value is -1.58. The molecule has 3 heterocycles. The molecule has 2 aliphatic rings. The van der Waals surface area contributed by atoms with Gasteiger partial charge in [-0.3, -0.25) is 0 Å². The van der Waals surface area contributed by atoms with Gasteiger partial charge < -0.3 is 5.32 Å². The molecule has 6 nitrogen and oxygen atoms in total. The summed E-state index contributed by atoms with van der Waals surface area (Å²) in [5.74, 6) is -0.0691. The Morgan fingerprint density at radius 1 is 1.24 bits per heavy atom. The predicted molar refractivity (Wildman–Crippen MR) is 95.5 cm³/mol. The van der Waals surface area contributed by atoms with Crippen LogP contribution in [-0.2, 0) is 10.0 Å². The molecule has 4 rings (SSSR count). The lowest BCUT2D eigenvalue weighted by Crippen LogP contribution is -2.43. The first kappa shape index (κ1) is 16.9. The molecule has 0 atom stereocenters. The van der Waals surface area contributed by atoms with E-state index in [1.54, 1.807) is 4.31 Å². The molecule has 1 saturated heterocycles. The fourth-order valence-corrected chi connectivity index (χ4v) is 5.57. The molecule has 2 aromatic rings. The van der Waals surface area contributed by atoms with E-state index in [0.717, 1.165) is 18.4 Å². The fourth-order valence-electron chi connectivity index (χ4n) is 3.05. The van der Waals surface area contributed by atoms with E-state index < -0.39 is 15.8 Å². The van der Waals surface area contributed by atoms with Crippen LogP contribution in [0.1, 0.15) is 25.7 Å². The van der Waals surface area contributed by atoms with Gasteiger partial charge in [0.25, 0.3) is 0 Å². The summed E-state index contributed by atoms with van der Waals surface area (Å²) in [5, 5.41) is 6.78. The monoisotopic (exact) mass is 382 g/mol. The van der Waals surface area contributed by atoms with Gasteiger partial charge in [-0.2, -0.15) is 11.3 Å². The molecule has 1 saturated carbocycles. The third-order valence-electron chi connectivity index (χ3n) is 4.63. The molecule has 25 heavy (non-hydrogen) atoms. The summed E-state index contributed by atoms with van der Waals surface area (Å²) in [4.78, 5) is 8.32. The van der Waals surface area contributed by atoms with Crippen LogP contribution in [-0.4, -0.2) is 47.1 Å². The van der Waals surface area contributed by atoms with E-state index in [0.29, 0.717) is 31.9 Å². The largest absolute Gasteiger partial charge is 0.351 e. The molecule has 0 spiro atoms. The van der Waals surface area contributed by atoms with Crippen molar-refractivity contribution in [1.29, 1.82) is 0 Å². The second-order valence-electron chi connectivity index (χ2n) is 6.46. The van der Waals surface area contributed by atoms with Gasteiger partial charge in [0.1, 0.15) is 5.69 Å².